The molecule has 2 aromatic heterocycles. The van der Waals surface area contributed by atoms with Crippen LogP contribution in [0.5, 0.6) is 0 Å². The Balaban J connectivity index is 2.03. The lowest BCUT2D eigenvalue weighted by atomic mass is 10.3. The molecule has 3 aromatic rings. The van der Waals surface area contributed by atoms with Crippen LogP contribution in [0.4, 0.5) is 11.5 Å². The molecule has 0 amide bonds. The summed E-state index contributed by atoms with van der Waals surface area (Å²) in [5, 5.41) is 5.45. The zero-order valence-electron chi connectivity index (χ0n) is 10.7. The zero-order valence-corrected chi connectivity index (χ0v) is 13.0. The number of thiophene rings is 1. The first-order valence-corrected chi connectivity index (χ1v) is 7.69. The highest BCUT2D eigenvalue weighted by Gasteiger charge is 2.08. The van der Waals surface area contributed by atoms with Crippen LogP contribution >= 0.6 is 34.5 Å². The molecule has 0 saturated heterocycles. The molecular weight excluding hydrogens is 313 g/mol. The molecule has 0 aliphatic carbocycles. The van der Waals surface area contributed by atoms with Gasteiger partial charge in [-0.3, -0.25) is 0 Å². The standard InChI is InChI=1S/C14H11Cl2N3S/c1-2-11-6-12-13(17-7-18-14(12)20-11)19-10-4-8(15)3-9(16)5-10/h3-7H,2H2,1H3,(H,17,18,19). The van der Waals surface area contributed by atoms with Gasteiger partial charge in [-0.2, -0.15) is 0 Å². The third-order valence-corrected chi connectivity index (χ3v) is 4.48. The van der Waals surface area contributed by atoms with Gasteiger partial charge in [0.2, 0.25) is 0 Å². The summed E-state index contributed by atoms with van der Waals surface area (Å²) < 4.78 is 0. The predicted octanol–water partition coefficient (Wildman–Crippen LogP) is 5.30. The van der Waals surface area contributed by atoms with Gasteiger partial charge in [0, 0.05) is 20.6 Å². The van der Waals surface area contributed by atoms with E-state index < -0.39 is 0 Å². The van der Waals surface area contributed by atoms with Crippen molar-refractivity contribution in [1.29, 1.82) is 0 Å². The number of nitrogens with zero attached hydrogens (tertiary/aromatic N) is 2. The maximum atomic E-state index is 6.01. The van der Waals surface area contributed by atoms with Crippen LogP contribution in [0.25, 0.3) is 10.2 Å². The summed E-state index contributed by atoms with van der Waals surface area (Å²) in [6, 6.07) is 7.45. The summed E-state index contributed by atoms with van der Waals surface area (Å²) >= 11 is 13.7. The number of aromatic nitrogens is 2. The summed E-state index contributed by atoms with van der Waals surface area (Å²) in [6.07, 6.45) is 2.55. The second-order valence-electron chi connectivity index (χ2n) is 4.29. The van der Waals surface area contributed by atoms with Crippen molar-refractivity contribution in [1.82, 2.24) is 9.97 Å². The lowest BCUT2D eigenvalue weighted by Gasteiger charge is -2.07. The van der Waals surface area contributed by atoms with Gasteiger partial charge in [0.25, 0.3) is 0 Å². The van der Waals surface area contributed by atoms with E-state index in [0.717, 1.165) is 28.1 Å². The fourth-order valence-electron chi connectivity index (χ4n) is 1.94. The molecule has 0 atom stereocenters. The maximum Gasteiger partial charge on any atom is 0.142 e. The van der Waals surface area contributed by atoms with Crippen LogP contribution in [0.15, 0.2) is 30.6 Å². The van der Waals surface area contributed by atoms with E-state index in [-0.39, 0.29) is 0 Å². The molecule has 3 rings (SSSR count). The Kier molecular flexibility index (Phi) is 3.78. The number of benzene rings is 1. The van der Waals surface area contributed by atoms with Crippen LogP contribution < -0.4 is 5.32 Å². The van der Waals surface area contributed by atoms with E-state index in [1.54, 1.807) is 23.7 Å². The third-order valence-electron chi connectivity index (χ3n) is 2.85. The van der Waals surface area contributed by atoms with Crippen molar-refractivity contribution in [3.05, 3.63) is 45.5 Å². The van der Waals surface area contributed by atoms with Gasteiger partial charge in [0.1, 0.15) is 17.0 Å². The second kappa shape index (κ2) is 5.56. The largest absolute Gasteiger partial charge is 0.340 e. The molecule has 6 heteroatoms. The molecular formula is C14H11Cl2N3S. The summed E-state index contributed by atoms with van der Waals surface area (Å²) in [4.78, 5) is 10.9. The van der Waals surface area contributed by atoms with Crippen LogP contribution in [0.3, 0.4) is 0 Å². The normalized spacial score (nSPS) is 10.9. The number of hydrogen-bond donors (Lipinski definition) is 1. The van der Waals surface area contributed by atoms with Gasteiger partial charge in [0.15, 0.2) is 0 Å². The molecule has 1 aromatic carbocycles. The topological polar surface area (TPSA) is 37.8 Å². The maximum absolute atomic E-state index is 6.01. The molecule has 0 unspecified atom stereocenters. The smallest absolute Gasteiger partial charge is 0.142 e. The fourth-order valence-corrected chi connectivity index (χ4v) is 3.40. The lowest BCUT2D eigenvalue weighted by Crippen LogP contribution is -1.94. The van der Waals surface area contributed by atoms with Crippen molar-refractivity contribution in [3.63, 3.8) is 0 Å². The molecule has 1 N–H and O–H groups in total. The summed E-state index contributed by atoms with van der Waals surface area (Å²) in [5.41, 5.74) is 0.812. The molecule has 3 nitrogen and oxygen atoms in total. The van der Waals surface area contributed by atoms with Gasteiger partial charge in [-0.15, -0.1) is 11.3 Å². The van der Waals surface area contributed by atoms with Crippen molar-refractivity contribution in [2.75, 3.05) is 5.32 Å². The van der Waals surface area contributed by atoms with Crippen LogP contribution in [0.2, 0.25) is 10.0 Å². The summed E-state index contributed by atoms with van der Waals surface area (Å²) in [7, 11) is 0. The first-order chi connectivity index (χ1) is 9.65. The van der Waals surface area contributed by atoms with Crippen molar-refractivity contribution in [2.45, 2.75) is 13.3 Å². The van der Waals surface area contributed by atoms with E-state index in [0.29, 0.717) is 10.0 Å². The predicted molar refractivity (Wildman–Crippen MR) is 86.5 cm³/mol. The number of hydrogen-bond acceptors (Lipinski definition) is 4. The van der Waals surface area contributed by atoms with Crippen molar-refractivity contribution < 1.29 is 0 Å². The molecule has 102 valence electrons. The van der Waals surface area contributed by atoms with E-state index in [1.807, 2.05) is 12.1 Å². The van der Waals surface area contributed by atoms with E-state index in [9.17, 15) is 0 Å². The highest BCUT2D eigenvalue weighted by Crippen LogP contribution is 2.31. The van der Waals surface area contributed by atoms with Crippen molar-refractivity contribution in [3.8, 4) is 0 Å². The van der Waals surface area contributed by atoms with E-state index in [4.69, 9.17) is 23.2 Å². The van der Waals surface area contributed by atoms with Gasteiger partial charge in [-0.25, -0.2) is 9.97 Å². The van der Waals surface area contributed by atoms with Gasteiger partial charge in [-0.05, 0) is 30.7 Å². The lowest BCUT2D eigenvalue weighted by molar-refractivity contribution is 1.19. The molecule has 0 bridgehead atoms. The monoisotopic (exact) mass is 323 g/mol. The minimum Gasteiger partial charge on any atom is -0.340 e. The van der Waals surface area contributed by atoms with Crippen molar-refractivity contribution in [2.24, 2.45) is 0 Å². The van der Waals surface area contributed by atoms with Gasteiger partial charge < -0.3 is 5.32 Å². The van der Waals surface area contributed by atoms with Gasteiger partial charge in [-0.1, -0.05) is 30.1 Å². The van der Waals surface area contributed by atoms with Crippen LogP contribution in [0.1, 0.15) is 11.8 Å². The Hall–Kier alpha value is -1.36. The molecule has 0 saturated carbocycles. The number of rotatable bonds is 3. The molecule has 0 aliphatic rings. The molecule has 20 heavy (non-hydrogen) atoms. The Morgan fingerprint density at radius 3 is 2.55 bits per heavy atom. The SMILES string of the molecule is CCc1cc2c(Nc3cc(Cl)cc(Cl)c3)ncnc2s1. The average molecular weight is 324 g/mol. The number of nitrogens with one attached hydrogen (secondary N) is 1. The molecule has 0 radical (unpaired) electrons. The Morgan fingerprint density at radius 2 is 1.85 bits per heavy atom. The highest BCUT2D eigenvalue weighted by atomic mass is 35.5. The first-order valence-electron chi connectivity index (χ1n) is 6.12. The Morgan fingerprint density at radius 1 is 1.10 bits per heavy atom. The number of halogens is 2. The van der Waals surface area contributed by atoms with Gasteiger partial charge >= 0.3 is 0 Å². The quantitative estimate of drug-likeness (QED) is 0.710. The summed E-state index contributed by atoms with van der Waals surface area (Å²) in [5.74, 6) is 0.768. The first kappa shape index (κ1) is 13.6. The van der Waals surface area contributed by atoms with Crippen LogP contribution in [-0.2, 0) is 6.42 Å². The Bertz CT molecular complexity index is 750. The molecule has 0 spiro atoms. The molecule has 2 heterocycles. The fraction of sp³-hybridized carbons (Fsp3) is 0.143. The van der Waals surface area contributed by atoms with Crippen LogP contribution in [0, 0.1) is 0 Å². The third kappa shape index (κ3) is 2.73. The zero-order chi connectivity index (χ0) is 14.1. The minimum atomic E-state index is 0.588. The molecule has 0 fully saturated rings. The van der Waals surface area contributed by atoms with Gasteiger partial charge in [0.05, 0.1) is 5.39 Å². The number of aryl methyl sites for hydroxylation is 1. The van der Waals surface area contributed by atoms with Crippen LogP contribution in [-0.4, -0.2) is 9.97 Å². The number of fused-ring (bicyclic) bond motifs is 1. The van der Waals surface area contributed by atoms with E-state index in [2.05, 4.69) is 28.3 Å². The van der Waals surface area contributed by atoms with E-state index in [1.165, 1.54) is 4.88 Å². The second-order valence-corrected chi connectivity index (χ2v) is 6.28. The average Bonchev–Trinajstić information content (AvgIpc) is 2.81. The minimum absolute atomic E-state index is 0.588. The number of anilines is 2. The highest BCUT2D eigenvalue weighted by molar-refractivity contribution is 7.18. The Labute approximate surface area is 130 Å². The summed E-state index contributed by atoms with van der Waals surface area (Å²) in [6.45, 7) is 2.13. The molecule has 0 aliphatic heterocycles. The van der Waals surface area contributed by atoms with Crippen molar-refractivity contribution >= 4 is 56.3 Å². The van der Waals surface area contributed by atoms with E-state index >= 15 is 0 Å².